The zero-order valence-corrected chi connectivity index (χ0v) is 11.1. The number of nitrogens with two attached hydrogens (primary N) is 1. The topological polar surface area (TPSA) is 64.3 Å². The Morgan fingerprint density at radius 1 is 1.35 bits per heavy atom. The first-order chi connectivity index (χ1) is 9.60. The van der Waals surface area contributed by atoms with Crippen molar-refractivity contribution in [3.05, 3.63) is 29.8 Å². The number of amides is 1. The minimum atomic E-state index is -0.832. The van der Waals surface area contributed by atoms with E-state index in [0.29, 0.717) is 12.6 Å². The number of anilines is 1. The van der Waals surface area contributed by atoms with Gasteiger partial charge in [0.05, 0.1) is 5.69 Å². The molecule has 0 spiro atoms. The lowest BCUT2D eigenvalue weighted by Crippen LogP contribution is -2.36. The first kappa shape index (κ1) is 14.7. The Labute approximate surface area is 116 Å². The van der Waals surface area contributed by atoms with Crippen LogP contribution in [-0.2, 0) is 4.74 Å². The van der Waals surface area contributed by atoms with Gasteiger partial charge >= 0.3 is 6.09 Å². The highest BCUT2D eigenvalue weighted by Crippen LogP contribution is 2.26. The van der Waals surface area contributed by atoms with E-state index >= 15 is 0 Å². The molecule has 0 bridgehead atoms. The molecule has 2 rings (SSSR count). The number of carbonyl (C=O) groups is 1. The molecule has 0 heterocycles. The molecule has 0 radical (unpaired) electrons. The van der Waals surface area contributed by atoms with Crippen LogP contribution in [0.1, 0.15) is 25.7 Å². The summed E-state index contributed by atoms with van der Waals surface area (Å²) in [5.74, 6) is -1.38. The van der Waals surface area contributed by atoms with Gasteiger partial charge in [-0.25, -0.2) is 13.6 Å². The fourth-order valence-electron chi connectivity index (χ4n) is 2.47. The molecular formula is C14H18F2N2O2. The van der Waals surface area contributed by atoms with Crippen LogP contribution < -0.4 is 11.1 Å². The second-order valence-corrected chi connectivity index (χ2v) is 4.97. The van der Waals surface area contributed by atoms with Crippen LogP contribution in [0.3, 0.4) is 0 Å². The Bertz CT molecular complexity index is 482. The Hall–Kier alpha value is -1.69. The van der Waals surface area contributed by atoms with Gasteiger partial charge in [-0.05, 0) is 37.9 Å². The lowest BCUT2D eigenvalue weighted by molar-refractivity contribution is 0.0489. The lowest BCUT2D eigenvalue weighted by Gasteiger charge is -2.30. The van der Waals surface area contributed by atoms with Gasteiger partial charge in [-0.1, -0.05) is 6.42 Å². The van der Waals surface area contributed by atoms with Crippen LogP contribution in [0.15, 0.2) is 18.2 Å². The van der Waals surface area contributed by atoms with Gasteiger partial charge in [0.15, 0.2) is 0 Å². The summed E-state index contributed by atoms with van der Waals surface area (Å²) in [5.41, 5.74) is 5.55. The predicted molar refractivity (Wildman–Crippen MR) is 71.3 cm³/mol. The number of benzene rings is 1. The number of nitrogens with one attached hydrogen (secondary N) is 1. The number of ether oxygens (including phenoxy) is 1. The molecule has 1 aromatic carbocycles. The molecule has 20 heavy (non-hydrogen) atoms. The fraction of sp³-hybridized carbons (Fsp3) is 0.500. The van der Waals surface area contributed by atoms with E-state index in [1.54, 1.807) is 0 Å². The molecule has 1 aliphatic carbocycles. The maximum atomic E-state index is 13.4. The summed E-state index contributed by atoms with van der Waals surface area (Å²) in [6.07, 6.45) is 2.79. The molecule has 0 aliphatic heterocycles. The van der Waals surface area contributed by atoms with Crippen LogP contribution >= 0.6 is 0 Å². The van der Waals surface area contributed by atoms with Gasteiger partial charge in [-0.2, -0.15) is 0 Å². The van der Waals surface area contributed by atoms with Crippen molar-refractivity contribution in [3.63, 3.8) is 0 Å². The molecule has 1 aromatic rings. The molecule has 3 N–H and O–H groups in total. The Balaban J connectivity index is 1.94. The maximum absolute atomic E-state index is 13.4. The lowest BCUT2D eigenvalue weighted by atomic mass is 9.86. The fourth-order valence-corrected chi connectivity index (χ4v) is 2.47. The average Bonchev–Trinajstić information content (AvgIpc) is 2.42. The molecule has 2 atom stereocenters. The normalized spacial score (nSPS) is 22.4. The summed E-state index contributed by atoms with van der Waals surface area (Å²) in [6.45, 7) is 0.461. The summed E-state index contributed by atoms with van der Waals surface area (Å²) >= 11 is 0. The van der Waals surface area contributed by atoms with Crippen molar-refractivity contribution in [1.82, 2.24) is 0 Å². The quantitative estimate of drug-likeness (QED) is 0.896. The molecule has 110 valence electrons. The van der Waals surface area contributed by atoms with Crippen LogP contribution in [0, 0.1) is 17.6 Å². The Morgan fingerprint density at radius 2 is 2.10 bits per heavy atom. The molecule has 0 aromatic heterocycles. The SMILES string of the molecule is NCC1CCCCC1OC(=O)Nc1ccc(F)cc1F. The first-order valence-corrected chi connectivity index (χ1v) is 6.73. The summed E-state index contributed by atoms with van der Waals surface area (Å²) in [5, 5.41) is 2.29. The van der Waals surface area contributed by atoms with E-state index in [1.165, 1.54) is 0 Å². The number of hydrogen-bond donors (Lipinski definition) is 2. The molecule has 2 unspecified atom stereocenters. The number of rotatable bonds is 3. The van der Waals surface area contributed by atoms with E-state index < -0.39 is 17.7 Å². The first-order valence-electron chi connectivity index (χ1n) is 6.73. The molecule has 1 saturated carbocycles. The van der Waals surface area contributed by atoms with Crippen molar-refractivity contribution < 1.29 is 18.3 Å². The maximum Gasteiger partial charge on any atom is 0.411 e. The average molecular weight is 284 g/mol. The van der Waals surface area contributed by atoms with Crippen molar-refractivity contribution in [1.29, 1.82) is 0 Å². The van der Waals surface area contributed by atoms with Crippen molar-refractivity contribution in [3.8, 4) is 0 Å². The smallest absolute Gasteiger partial charge is 0.411 e. The van der Waals surface area contributed by atoms with E-state index in [-0.39, 0.29) is 17.7 Å². The van der Waals surface area contributed by atoms with E-state index in [4.69, 9.17) is 10.5 Å². The number of hydrogen-bond acceptors (Lipinski definition) is 3. The number of carbonyl (C=O) groups excluding carboxylic acids is 1. The largest absolute Gasteiger partial charge is 0.446 e. The molecule has 4 nitrogen and oxygen atoms in total. The van der Waals surface area contributed by atoms with Gasteiger partial charge in [0, 0.05) is 12.0 Å². The monoisotopic (exact) mass is 284 g/mol. The Kier molecular flexibility index (Phi) is 4.89. The minimum Gasteiger partial charge on any atom is -0.446 e. The van der Waals surface area contributed by atoms with Crippen LogP contribution in [0.2, 0.25) is 0 Å². The van der Waals surface area contributed by atoms with E-state index in [9.17, 15) is 13.6 Å². The van der Waals surface area contributed by atoms with Gasteiger partial charge in [0.25, 0.3) is 0 Å². The summed E-state index contributed by atoms with van der Waals surface area (Å²) in [4.78, 5) is 11.7. The highest BCUT2D eigenvalue weighted by Gasteiger charge is 2.27. The second-order valence-electron chi connectivity index (χ2n) is 4.97. The molecular weight excluding hydrogens is 266 g/mol. The molecule has 1 aliphatic rings. The van der Waals surface area contributed by atoms with Crippen molar-refractivity contribution in [2.24, 2.45) is 11.7 Å². The highest BCUT2D eigenvalue weighted by molar-refractivity contribution is 5.84. The molecule has 1 amide bonds. The predicted octanol–water partition coefficient (Wildman–Crippen LogP) is 3.03. The summed E-state index contributed by atoms with van der Waals surface area (Å²) in [6, 6.07) is 2.94. The van der Waals surface area contributed by atoms with Crippen LogP contribution in [0.5, 0.6) is 0 Å². The van der Waals surface area contributed by atoms with Crippen LogP contribution in [0.4, 0.5) is 19.3 Å². The third-order valence-electron chi connectivity index (χ3n) is 3.57. The van der Waals surface area contributed by atoms with Gasteiger partial charge < -0.3 is 10.5 Å². The van der Waals surface area contributed by atoms with E-state index in [0.717, 1.165) is 37.8 Å². The van der Waals surface area contributed by atoms with Crippen LogP contribution in [-0.4, -0.2) is 18.7 Å². The van der Waals surface area contributed by atoms with E-state index in [2.05, 4.69) is 5.32 Å². The zero-order valence-electron chi connectivity index (χ0n) is 11.1. The van der Waals surface area contributed by atoms with Gasteiger partial charge in [0.1, 0.15) is 17.7 Å². The molecule has 1 fully saturated rings. The van der Waals surface area contributed by atoms with Gasteiger partial charge in [0.2, 0.25) is 0 Å². The van der Waals surface area contributed by atoms with E-state index in [1.807, 2.05) is 0 Å². The summed E-state index contributed by atoms with van der Waals surface area (Å²) in [7, 11) is 0. The highest BCUT2D eigenvalue weighted by atomic mass is 19.1. The van der Waals surface area contributed by atoms with Gasteiger partial charge in [-0.15, -0.1) is 0 Å². The minimum absolute atomic E-state index is 0.100. The standard InChI is InChI=1S/C14H18F2N2O2/c15-10-5-6-12(11(16)7-10)18-14(19)20-13-4-2-1-3-9(13)8-17/h5-7,9,13H,1-4,8,17H2,(H,18,19). The van der Waals surface area contributed by atoms with Crippen molar-refractivity contribution in [2.45, 2.75) is 31.8 Å². The van der Waals surface area contributed by atoms with Crippen molar-refractivity contribution >= 4 is 11.8 Å². The second kappa shape index (κ2) is 6.65. The molecule has 6 heteroatoms. The third kappa shape index (κ3) is 3.66. The third-order valence-corrected chi connectivity index (χ3v) is 3.57. The van der Waals surface area contributed by atoms with Crippen LogP contribution in [0.25, 0.3) is 0 Å². The van der Waals surface area contributed by atoms with Crippen molar-refractivity contribution in [2.75, 3.05) is 11.9 Å². The number of halogens is 2. The summed E-state index contributed by atoms with van der Waals surface area (Å²) < 4.78 is 31.5. The van der Waals surface area contributed by atoms with Gasteiger partial charge in [-0.3, -0.25) is 5.32 Å². The molecule has 0 saturated heterocycles. The zero-order chi connectivity index (χ0) is 14.5. The Morgan fingerprint density at radius 3 is 2.80 bits per heavy atom.